The smallest absolute Gasteiger partial charge is 0.387 e. The molecule has 5 rings (SSSR count). The van der Waals surface area contributed by atoms with Crippen molar-refractivity contribution in [3.63, 3.8) is 0 Å². The van der Waals surface area contributed by atoms with Crippen molar-refractivity contribution in [2.75, 3.05) is 18.9 Å². The maximum Gasteiger partial charge on any atom is 0.475 e. The van der Waals surface area contributed by atoms with Gasteiger partial charge in [-0.1, -0.05) is 0 Å². The molecule has 2 aromatic heterocycles. The summed E-state index contributed by atoms with van der Waals surface area (Å²) in [7, 11) is -4.17. The lowest BCUT2D eigenvalue weighted by Crippen LogP contribution is -2.44. The lowest BCUT2D eigenvalue weighted by molar-refractivity contribution is -0.0950. The number of aromatic nitrogens is 3. The van der Waals surface area contributed by atoms with Crippen LogP contribution < -0.4 is 5.73 Å². The summed E-state index contributed by atoms with van der Waals surface area (Å²) in [6, 6.07) is 4.52. The molecule has 2 aliphatic rings. The summed E-state index contributed by atoms with van der Waals surface area (Å²) in [5.41, 5.74) is 4.61. The van der Waals surface area contributed by atoms with E-state index in [4.69, 9.17) is 24.0 Å². The van der Waals surface area contributed by atoms with Crippen molar-refractivity contribution < 1.29 is 41.9 Å². The van der Waals surface area contributed by atoms with E-state index in [1.54, 1.807) is 12.3 Å². The van der Waals surface area contributed by atoms with E-state index < -0.39 is 56.2 Å². The molecule has 2 aliphatic heterocycles. The van der Waals surface area contributed by atoms with Gasteiger partial charge in [0.1, 0.15) is 47.2 Å². The number of hydrogen-bond acceptors (Lipinski definition) is 10. The van der Waals surface area contributed by atoms with Crippen molar-refractivity contribution in [2.45, 2.75) is 43.5 Å². The fraction of sp³-hybridized carbons (Fsp3) is 0.429. The van der Waals surface area contributed by atoms with Gasteiger partial charge in [-0.2, -0.15) is 0 Å². The molecule has 2 fully saturated rings. The number of rotatable bonds is 5. The number of nitrogen functional groups attached to an aromatic ring is 1. The highest BCUT2D eigenvalue weighted by molar-refractivity contribution is 7.48. The van der Waals surface area contributed by atoms with E-state index in [0.717, 1.165) is 12.1 Å². The molecule has 0 spiro atoms. The predicted octanol–water partition coefficient (Wildman–Crippen LogP) is 2.60. The average Bonchev–Trinajstić information content (AvgIpc) is 3.31. The molecule has 6 atom stereocenters. The number of aliphatic hydroxyl groups is 2. The Balaban J connectivity index is 1.31. The van der Waals surface area contributed by atoms with Crippen LogP contribution in [-0.4, -0.2) is 55.8 Å². The SMILES string of the molecule is C[C@@]1(O)[C@H](O)[C@@H](COP2(=O)OCC[C@H](c3cc(F)cc(F)c3)O2)O[C@H]1n1ccc2c(N)ncnc21. The molecule has 3 aromatic rings. The van der Waals surface area contributed by atoms with Gasteiger partial charge < -0.3 is 25.3 Å². The van der Waals surface area contributed by atoms with Crippen molar-refractivity contribution in [1.29, 1.82) is 0 Å². The Labute approximate surface area is 198 Å². The van der Waals surface area contributed by atoms with E-state index in [1.807, 2.05) is 0 Å². The summed E-state index contributed by atoms with van der Waals surface area (Å²) >= 11 is 0. The number of hydrogen-bond donors (Lipinski definition) is 3. The van der Waals surface area contributed by atoms with Gasteiger partial charge in [0.15, 0.2) is 6.23 Å². The minimum absolute atomic E-state index is 0.0506. The van der Waals surface area contributed by atoms with Crippen LogP contribution in [0.2, 0.25) is 0 Å². The number of phosphoric ester groups is 1. The minimum Gasteiger partial charge on any atom is -0.387 e. The Hall–Kier alpha value is -2.51. The summed E-state index contributed by atoms with van der Waals surface area (Å²) in [6.45, 7) is 0.861. The van der Waals surface area contributed by atoms with Gasteiger partial charge in [-0.05, 0) is 30.7 Å². The Kier molecular flexibility index (Phi) is 6.12. The number of phosphoric acid groups is 1. The normalized spacial score (nSPS) is 33.4. The summed E-state index contributed by atoms with van der Waals surface area (Å²) in [5, 5.41) is 22.3. The van der Waals surface area contributed by atoms with E-state index >= 15 is 0 Å². The van der Waals surface area contributed by atoms with E-state index in [0.29, 0.717) is 17.1 Å². The van der Waals surface area contributed by atoms with Crippen LogP contribution in [0.3, 0.4) is 0 Å². The number of nitrogens with two attached hydrogens (primary N) is 1. The van der Waals surface area contributed by atoms with Gasteiger partial charge in [0, 0.05) is 18.7 Å². The van der Waals surface area contributed by atoms with E-state index in [-0.39, 0.29) is 24.4 Å². The molecule has 0 aliphatic carbocycles. The average molecular weight is 512 g/mol. The molecule has 35 heavy (non-hydrogen) atoms. The molecule has 14 heteroatoms. The molecule has 188 valence electrons. The van der Waals surface area contributed by atoms with Crippen LogP contribution in [0.5, 0.6) is 0 Å². The van der Waals surface area contributed by atoms with E-state index in [9.17, 15) is 23.6 Å². The minimum atomic E-state index is -4.17. The number of benzene rings is 1. The molecule has 11 nitrogen and oxygen atoms in total. The summed E-state index contributed by atoms with van der Waals surface area (Å²) in [4.78, 5) is 8.09. The first kappa shape index (κ1) is 24.2. The Morgan fingerprint density at radius 1 is 1.31 bits per heavy atom. The van der Waals surface area contributed by atoms with Crippen molar-refractivity contribution in [3.8, 4) is 0 Å². The lowest BCUT2D eigenvalue weighted by Gasteiger charge is -2.30. The van der Waals surface area contributed by atoms with Gasteiger partial charge in [0.25, 0.3) is 0 Å². The Bertz CT molecular complexity index is 1290. The van der Waals surface area contributed by atoms with Crippen LogP contribution in [0.15, 0.2) is 36.8 Å². The topological polar surface area (TPSA) is 151 Å². The number of ether oxygens (including phenoxy) is 1. The molecule has 0 amide bonds. The molecule has 0 bridgehead atoms. The van der Waals surface area contributed by atoms with Gasteiger partial charge in [-0.15, -0.1) is 0 Å². The molecule has 1 aromatic carbocycles. The van der Waals surface area contributed by atoms with Crippen LogP contribution in [0.4, 0.5) is 14.6 Å². The van der Waals surface area contributed by atoms with Crippen molar-refractivity contribution in [2.24, 2.45) is 0 Å². The Morgan fingerprint density at radius 2 is 2.06 bits per heavy atom. The zero-order valence-electron chi connectivity index (χ0n) is 18.5. The third-order valence-electron chi connectivity index (χ3n) is 6.09. The zero-order chi connectivity index (χ0) is 25.0. The molecule has 0 radical (unpaired) electrons. The van der Waals surface area contributed by atoms with Gasteiger partial charge in [-0.25, -0.2) is 23.3 Å². The molecule has 1 unspecified atom stereocenters. The molecule has 2 saturated heterocycles. The highest BCUT2D eigenvalue weighted by Gasteiger charge is 2.54. The molecular weight excluding hydrogens is 489 g/mol. The van der Waals surface area contributed by atoms with Crippen LogP contribution in [-0.2, 0) is 22.9 Å². The second-order valence-electron chi connectivity index (χ2n) is 8.58. The first-order valence-corrected chi connectivity index (χ1v) is 12.2. The number of nitrogens with zero attached hydrogens (tertiary/aromatic N) is 3. The fourth-order valence-electron chi connectivity index (χ4n) is 4.29. The predicted molar refractivity (Wildman–Crippen MR) is 117 cm³/mol. The molecule has 4 heterocycles. The quantitative estimate of drug-likeness (QED) is 0.435. The first-order valence-electron chi connectivity index (χ1n) is 10.7. The maximum absolute atomic E-state index is 13.6. The largest absolute Gasteiger partial charge is 0.475 e. The zero-order valence-corrected chi connectivity index (χ0v) is 19.3. The van der Waals surface area contributed by atoms with Crippen molar-refractivity contribution in [3.05, 3.63) is 54.0 Å². The van der Waals surface area contributed by atoms with Gasteiger partial charge in [0.05, 0.1) is 24.7 Å². The van der Waals surface area contributed by atoms with Gasteiger partial charge in [-0.3, -0.25) is 13.6 Å². The third-order valence-corrected chi connectivity index (χ3v) is 7.56. The van der Waals surface area contributed by atoms with Gasteiger partial charge in [0.2, 0.25) is 0 Å². The first-order chi connectivity index (χ1) is 16.6. The highest BCUT2D eigenvalue weighted by Crippen LogP contribution is 2.57. The fourth-order valence-corrected chi connectivity index (χ4v) is 5.68. The number of anilines is 1. The highest BCUT2D eigenvalue weighted by atomic mass is 31.2. The summed E-state index contributed by atoms with van der Waals surface area (Å²) in [5.74, 6) is -1.36. The van der Waals surface area contributed by atoms with Crippen molar-refractivity contribution >= 4 is 24.7 Å². The second-order valence-corrected chi connectivity index (χ2v) is 10.2. The van der Waals surface area contributed by atoms with Crippen LogP contribution in [0.25, 0.3) is 11.0 Å². The molecule has 0 saturated carbocycles. The monoisotopic (exact) mass is 512 g/mol. The molecular formula is C21H23F2N4O7P. The molecule has 4 N–H and O–H groups in total. The second kappa shape index (κ2) is 8.86. The summed E-state index contributed by atoms with van der Waals surface area (Å²) in [6.07, 6.45) is -1.55. The standard InChI is InChI=1S/C21H23F2N4O7P/c1-21(29)17(28)16(33-20(21)27-4-2-14-18(24)25-10-26-19(14)27)9-32-35(30)31-5-3-15(34-35)11-6-12(22)8-13(23)7-11/h2,4,6-8,10,15-17,20,28-29H,3,5,9H2,1H3,(H2,24,25,26)/t15-,16-,17-,20-,21-,35?/m1/s1. The number of fused-ring (bicyclic) bond motifs is 1. The number of halogens is 2. The Morgan fingerprint density at radius 3 is 2.80 bits per heavy atom. The summed E-state index contributed by atoms with van der Waals surface area (Å²) < 4.78 is 63.6. The van der Waals surface area contributed by atoms with Crippen LogP contribution in [0, 0.1) is 11.6 Å². The van der Waals surface area contributed by atoms with Crippen LogP contribution >= 0.6 is 7.82 Å². The lowest BCUT2D eigenvalue weighted by atomic mass is 9.96. The van der Waals surface area contributed by atoms with Crippen LogP contribution in [0.1, 0.15) is 31.2 Å². The number of aliphatic hydroxyl groups excluding tert-OH is 1. The van der Waals surface area contributed by atoms with Crippen molar-refractivity contribution in [1.82, 2.24) is 14.5 Å². The van der Waals surface area contributed by atoms with E-state index in [1.165, 1.54) is 17.8 Å². The third kappa shape index (κ3) is 4.45. The van der Waals surface area contributed by atoms with E-state index in [2.05, 4.69) is 9.97 Å². The van der Waals surface area contributed by atoms with Gasteiger partial charge >= 0.3 is 7.82 Å². The maximum atomic E-state index is 13.6.